The average Bonchev–Trinajstić information content (AvgIpc) is 2.26. The lowest BCUT2D eigenvalue weighted by atomic mass is 10.1. The van der Waals surface area contributed by atoms with Gasteiger partial charge in [-0.1, -0.05) is 6.07 Å². The summed E-state index contributed by atoms with van der Waals surface area (Å²) < 4.78 is 4.98. The Balaban J connectivity index is 2.79. The smallest absolute Gasteiger partial charge is 0.331 e. The van der Waals surface area contributed by atoms with Crippen molar-refractivity contribution >= 4 is 12.0 Å². The Hall–Kier alpha value is -2.08. The van der Waals surface area contributed by atoms with Gasteiger partial charge in [-0.3, -0.25) is 0 Å². The zero-order valence-corrected chi connectivity index (χ0v) is 10.2. The molecule has 0 amide bonds. The highest BCUT2D eigenvalue weighted by Gasteiger charge is 2.01. The van der Waals surface area contributed by atoms with E-state index in [1.807, 2.05) is 13.0 Å². The van der Waals surface area contributed by atoms with Crippen LogP contribution in [-0.4, -0.2) is 12.1 Å². The molecule has 0 radical (unpaired) electrons. The number of aryl methyl sites for hydroxylation is 1. The van der Waals surface area contributed by atoms with Crippen LogP contribution in [-0.2, 0) is 9.53 Å². The molecule has 0 unspecified atom stereocenters. The fourth-order valence-electron chi connectivity index (χ4n) is 1.36. The standard InChI is InChI=1S/C14H15NO2/c1-10(2)17-14(16)7-6-13-5-4-12(9-15)8-11(13)3/h4-8,10H,1-3H3. The van der Waals surface area contributed by atoms with Gasteiger partial charge in [0.2, 0.25) is 0 Å². The zero-order valence-electron chi connectivity index (χ0n) is 10.2. The van der Waals surface area contributed by atoms with E-state index in [1.54, 1.807) is 32.1 Å². The minimum atomic E-state index is -0.358. The summed E-state index contributed by atoms with van der Waals surface area (Å²) in [7, 11) is 0. The third kappa shape index (κ3) is 4.12. The van der Waals surface area contributed by atoms with Gasteiger partial charge in [-0.15, -0.1) is 0 Å². The molecule has 0 N–H and O–H groups in total. The molecule has 3 nitrogen and oxygen atoms in total. The molecule has 0 aliphatic rings. The Morgan fingerprint density at radius 2 is 2.18 bits per heavy atom. The van der Waals surface area contributed by atoms with Crippen molar-refractivity contribution in [2.75, 3.05) is 0 Å². The second kappa shape index (κ2) is 5.86. The van der Waals surface area contributed by atoms with Crippen LogP contribution < -0.4 is 0 Å². The van der Waals surface area contributed by atoms with E-state index >= 15 is 0 Å². The van der Waals surface area contributed by atoms with Crippen LogP contribution in [0.2, 0.25) is 0 Å². The van der Waals surface area contributed by atoms with Crippen molar-refractivity contribution in [1.29, 1.82) is 5.26 Å². The van der Waals surface area contributed by atoms with Gasteiger partial charge in [0.15, 0.2) is 0 Å². The summed E-state index contributed by atoms with van der Waals surface area (Å²) in [5.74, 6) is -0.358. The van der Waals surface area contributed by atoms with Crippen LogP contribution in [0.4, 0.5) is 0 Å². The summed E-state index contributed by atoms with van der Waals surface area (Å²) in [5.41, 5.74) is 2.48. The Morgan fingerprint density at radius 1 is 1.47 bits per heavy atom. The molecule has 0 fully saturated rings. The van der Waals surface area contributed by atoms with Crippen molar-refractivity contribution in [2.24, 2.45) is 0 Å². The lowest BCUT2D eigenvalue weighted by Gasteiger charge is -2.04. The highest BCUT2D eigenvalue weighted by molar-refractivity contribution is 5.87. The van der Waals surface area contributed by atoms with Gasteiger partial charge in [0, 0.05) is 6.08 Å². The second-order valence-electron chi connectivity index (χ2n) is 4.00. The largest absolute Gasteiger partial charge is 0.460 e. The molecule has 0 spiro atoms. The maximum Gasteiger partial charge on any atom is 0.331 e. The molecular formula is C14H15NO2. The van der Waals surface area contributed by atoms with Crippen LogP contribution in [0.3, 0.4) is 0 Å². The van der Waals surface area contributed by atoms with E-state index in [0.29, 0.717) is 5.56 Å². The van der Waals surface area contributed by atoms with Crippen LogP contribution in [0.1, 0.15) is 30.5 Å². The summed E-state index contributed by atoms with van der Waals surface area (Å²) in [4.78, 5) is 11.3. The molecule has 3 heteroatoms. The number of carbonyl (C=O) groups excluding carboxylic acids is 1. The van der Waals surface area contributed by atoms with E-state index in [0.717, 1.165) is 11.1 Å². The summed E-state index contributed by atoms with van der Waals surface area (Å²) in [6.07, 6.45) is 2.98. The van der Waals surface area contributed by atoms with Gasteiger partial charge in [-0.05, 0) is 50.1 Å². The molecule has 17 heavy (non-hydrogen) atoms. The van der Waals surface area contributed by atoms with Gasteiger partial charge in [0.1, 0.15) is 0 Å². The molecule has 0 aromatic heterocycles. The summed E-state index contributed by atoms with van der Waals surface area (Å²) >= 11 is 0. The van der Waals surface area contributed by atoms with Crippen molar-refractivity contribution in [3.63, 3.8) is 0 Å². The van der Waals surface area contributed by atoms with Gasteiger partial charge in [0.05, 0.1) is 17.7 Å². The lowest BCUT2D eigenvalue weighted by molar-refractivity contribution is -0.141. The first-order chi connectivity index (χ1) is 8.02. The van der Waals surface area contributed by atoms with Crippen molar-refractivity contribution in [1.82, 2.24) is 0 Å². The number of ether oxygens (including phenoxy) is 1. The monoisotopic (exact) mass is 229 g/mol. The average molecular weight is 229 g/mol. The number of nitriles is 1. The van der Waals surface area contributed by atoms with Gasteiger partial charge in [-0.25, -0.2) is 4.79 Å². The molecule has 0 aliphatic carbocycles. The molecule has 1 aromatic rings. The third-order valence-electron chi connectivity index (χ3n) is 2.15. The quantitative estimate of drug-likeness (QED) is 0.591. The summed E-state index contributed by atoms with van der Waals surface area (Å²) in [6, 6.07) is 7.39. The van der Waals surface area contributed by atoms with E-state index in [9.17, 15) is 4.79 Å². The molecule has 0 heterocycles. The van der Waals surface area contributed by atoms with Crippen molar-refractivity contribution < 1.29 is 9.53 Å². The first kappa shape index (κ1) is 13.0. The summed E-state index contributed by atoms with van der Waals surface area (Å²) in [6.45, 7) is 5.51. The van der Waals surface area contributed by atoms with Crippen LogP contribution in [0.25, 0.3) is 6.08 Å². The van der Waals surface area contributed by atoms with E-state index in [2.05, 4.69) is 6.07 Å². The fourth-order valence-corrected chi connectivity index (χ4v) is 1.36. The maximum absolute atomic E-state index is 11.3. The normalized spacial score (nSPS) is 10.5. The van der Waals surface area contributed by atoms with Crippen LogP contribution in [0.5, 0.6) is 0 Å². The molecule has 0 saturated heterocycles. The Kier molecular flexibility index (Phi) is 4.47. The first-order valence-corrected chi connectivity index (χ1v) is 5.42. The van der Waals surface area contributed by atoms with Gasteiger partial charge in [-0.2, -0.15) is 5.26 Å². The third-order valence-corrected chi connectivity index (χ3v) is 2.15. The van der Waals surface area contributed by atoms with Gasteiger partial charge < -0.3 is 4.74 Å². The van der Waals surface area contributed by atoms with Crippen molar-refractivity contribution in [3.8, 4) is 6.07 Å². The lowest BCUT2D eigenvalue weighted by Crippen LogP contribution is -2.08. The molecule has 1 rings (SSSR count). The predicted octanol–water partition coefficient (Wildman–Crippen LogP) is 2.83. The van der Waals surface area contributed by atoms with Crippen LogP contribution in [0, 0.1) is 18.3 Å². The molecular weight excluding hydrogens is 214 g/mol. The number of carbonyl (C=O) groups is 1. The van der Waals surface area contributed by atoms with E-state index < -0.39 is 0 Å². The highest BCUT2D eigenvalue weighted by Crippen LogP contribution is 2.12. The number of hydrogen-bond donors (Lipinski definition) is 0. The van der Waals surface area contributed by atoms with Crippen molar-refractivity contribution in [2.45, 2.75) is 26.9 Å². The number of nitrogens with zero attached hydrogens (tertiary/aromatic N) is 1. The Labute approximate surface area is 101 Å². The molecule has 0 atom stereocenters. The topological polar surface area (TPSA) is 50.1 Å². The number of benzene rings is 1. The fraction of sp³-hybridized carbons (Fsp3) is 0.286. The van der Waals surface area contributed by atoms with E-state index in [4.69, 9.17) is 10.00 Å². The highest BCUT2D eigenvalue weighted by atomic mass is 16.5. The molecule has 1 aromatic carbocycles. The van der Waals surface area contributed by atoms with E-state index in [-0.39, 0.29) is 12.1 Å². The van der Waals surface area contributed by atoms with Gasteiger partial charge in [0.25, 0.3) is 0 Å². The van der Waals surface area contributed by atoms with Crippen LogP contribution >= 0.6 is 0 Å². The molecule has 0 bridgehead atoms. The molecule has 88 valence electrons. The number of hydrogen-bond acceptors (Lipinski definition) is 3. The van der Waals surface area contributed by atoms with E-state index in [1.165, 1.54) is 6.08 Å². The predicted molar refractivity (Wildman–Crippen MR) is 66.2 cm³/mol. The SMILES string of the molecule is Cc1cc(C#N)ccc1C=CC(=O)OC(C)C. The second-order valence-corrected chi connectivity index (χ2v) is 4.00. The Bertz CT molecular complexity index is 481. The Morgan fingerprint density at radius 3 is 2.71 bits per heavy atom. The number of esters is 1. The first-order valence-electron chi connectivity index (χ1n) is 5.42. The van der Waals surface area contributed by atoms with Crippen LogP contribution in [0.15, 0.2) is 24.3 Å². The molecule has 0 aliphatic heterocycles. The van der Waals surface area contributed by atoms with Gasteiger partial charge >= 0.3 is 5.97 Å². The van der Waals surface area contributed by atoms with Crippen molar-refractivity contribution in [3.05, 3.63) is 41.0 Å². The summed E-state index contributed by atoms with van der Waals surface area (Å²) in [5, 5.41) is 8.73. The molecule has 0 saturated carbocycles. The number of rotatable bonds is 3. The zero-order chi connectivity index (χ0) is 12.8. The maximum atomic E-state index is 11.3. The minimum Gasteiger partial charge on any atom is -0.460 e. The minimum absolute atomic E-state index is 0.116.